The first kappa shape index (κ1) is 19.8. The number of nitrogens with zero attached hydrogens (tertiary/aromatic N) is 1. The van der Waals surface area contributed by atoms with E-state index in [-0.39, 0.29) is 23.8 Å². The van der Waals surface area contributed by atoms with Gasteiger partial charge in [0.15, 0.2) is 5.78 Å². The lowest BCUT2D eigenvalue weighted by atomic mass is 9.69. The zero-order valence-corrected chi connectivity index (χ0v) is 17.4. The quantitative estimate of drug-likeness (QED) is 0.769. The Morgan fingerprint density at radius 1 is 1.21 bits per heavy atom. The van der Waals surface area contributed by atoms with Gasteiger partial charge in [0.25, 0.3) is 0 Å². The number of aryl methyl sites for hydroxylation is 1. The third-order valence-electron chi connectivity index (χ3n) is 6.58. The van der Waals surface area contributed by atoms with Gasteiger partial charge in [-0.25, -0.2) is 0 Å². The van der Waals surface area contributed by atoms with Crippen LogP contribution in [-0.2, 0) is 16.0 Å². The van der Waals surface area contributed by atoms with E-state index in [1.165, 1.54) is 0 Å². The first-order valence-corrected chi connectivity index (χ1v) is 10.5. The molecule has 3 atom stereocenters. The van der Waals surface area contributed by atoms with Crippen molar-refractivity contribution in [2.75, 3.05) is 18.5 Å². The molecular weight excluding hydrogens is 362 g/mol. The van der Waals surface area contributed by atoms with Gasteiger partial charge < -0.3 is 10.6 Å². The molecule has 0 aliphatic carbocycles. The maximum absolute atomic E-state index is 14.0. The minimum absolute atomic E-state index is 0.00784. The highest BCUT2D eigenvalue weighted by Gasteiger charge is 2.54. The molecule has 1 fully saturated rings. The van der Waals surface area contributed by atoms with Crippen molar-refractivity contribution in [1.29, 1.82) is 0 Å². The summed E-state index contributed by atoms with van der Waals surface area (Å²) in [6.07, 6.45) is 1.82. The number of para-hydroxylation sites is 1. The van der Waals surface area contributed by atoms with E-state index in [1.807, 2.05) is 69.4 Å². The molecule has 1 amide bonds. The average molecular weight is 392 g/mol. The third kappa shape index (κ3) is 3.18. The van der Waals surface area contributed by atoms with Crippen molar-refractivity contribution in [3.05, 3.63) is 59.7 Å². The van der Waals surface area contributed by atoms with Crippen LogP contribution in [0.5, 0.6) is 0 Å². The van der Waals surface area contributed by atoms with Crippen molar-refractivity contribution in [2.45, 2.75) is 45.2 Å². The molecule has 152 valence electrons. The van der Waals surface area contributed by atoms with E-state index in [4.69, 9.17) is 0 Å². The zero-order chi connectivity index (χ0) is 20.6. The summed E-state index contributed by atoms with van der Waals surface area (Å²) < 4.78 is 0. The van der Waals surface area contributed by atoms with Gasteiger partial charge in [-0.3, -0.25) is 14.5 Å². The van der Waals surface area contributed by atoms with Crippen LogP contribution in [-0.4, -0.2) is 37.4 Å². The number of carbonyl (C=O) groups is 2. The first-order chi connectivity index (χ1) is 14.0. The summed E-state index contributed by atoms with van der Waals surface area (Å²) in [7, 11) is 1.88. The smallest absolute Gasteiger partial charge is 0.245 e. The van der Waals surface area contributed by atoms with Gasteiger partial charge in [0, 0.05) is 11.7 Å². The molecule has 0 radical (unpaired) electrons. The topological polar surface area (TPSA) is 61.4 Å². The summed E-state index contributed by atoms with van der Waals surface area (Å²) in [5, 5.41) is 6.59. The molecule has 0 bridgehead atoms. The van der Waals surface area contributed by atoms with Crippen molar-refractivity contribution >= 4 is 23.1 Å². The van der Waals surface area contributed by atoms with Crippen LogP contribution in [0.4, 0.5) is 11.4 Å². The molecule has 3 unspecified atom stereocenters. The SMILES string of the molecule is CCC1(C(=O)C2NCCC2NC)Cc2ccccc2N(c2ccc(C)cc2)C1=O. The molecule has 5 nitrogen and oxygen atoms in total. The van der Waals surface area contributed by atoms with Gasteiger partial charge in [-0.1, -0.05) is 42.8 Å². The standard InChI is InChI=1S/C24H29N3O2/c1-4-24(22(28)21-19(25-3)13-14-26-21)15-17-7-5-6-8-20(17)27(23(24)29)18-11-9-16(2)10-12-18/h5-12,19,21,25-26H,4,13-15H2,1-3H3. The van der Waals surface area contributed by atoms with Crippen LogP contribution in [0.25, 0.3) is 0 Å². The molecule has 2 aromatic carbocycles. The number of hydrogen-bond acceptors (Lipinski definition) is 4. The number of benzene rings is 2. The summed E-state index contributed by atoms with van der Waals surface area (Å²) in [6, 6.07) is 15.6. The van der Waals surface area contributed by atoms with Crippen LogP contribution in [0.3, 0.4) is 0 Å². The van der Waals surface area contributed by atoms with Gasteiger partial charge in [0.2, 0.25) is 5.91 Å². The fourth-order valence-electron chi connectivity index (χ4n) is 4.78. The number of nitrogens with one attached hydrogen (secondary N) is 2. The Hall–Kier alpha value is -2.50. The van der Waals surface area contributed by atoms with E-state index in [0.29, 0.717) is 12.8 Å². The second-order valence-corrected chi connectivity index (χ2v) is 8.20. The molecule has 0 spiro atoms. The van der Waals surface area contributed by atoms with Crippen molar-refractivity contribution in [2.24, 2.45) is 5.41 Å². The molecule has 2 aromatic rings. The highest BCUT2D eigenvalue weighted by molar-refractivity contribution is 6.18. The lowest BCUT2D eigenvalue weighted by Gasteiger charge is -2.43. The van der Waals surface area contributed by atoms with Crippen molar-refractivity contribution < 1.29 is 9.59 Å². The van der Waals surface area contributed by atoms with E-state index in [0.717, 1.165) is 35.5 Å². The third-order valence-corrected chi connectivity index (χ3v) is 6.58. The van der Waals surface area contributed by atoms with Crippen LogP contribution >= 0.6 is 0 Å². The number of ketones is 1. The Morgan fingerprint density at radius 2 is 1.93 bits per heavy atom. The lowest BCUT2D eigenvalue weighted by molar-refractivity contribution is -0.142. The summed E-state index contributed by atoms with van der Waals surface area (Å²) in [4.78, 5) is 29.6. The molecule has 0 saturated carbocycles. The Kier molecular flexibility index (Phi) is 5.28. The second-order valence-electron chi connectivity index (χ2n) is 8.20. The monoisotopic (exact) mass is 391 g/mol. The van der Waals surface area contributed by atoms with Gasteiger partial charge in [-0.2, -0.15) is 0 Å². The largest absolute Gasteiger partial charge is 0.315 e. The molecule has 29 heavy (non-hydrogen) atoms. The van der Waals surface area contributed by atoms with E-state index >= 15 is 0 Å². The fourth-order valence-corrected chi connectivity index (χ4v) is 4.78. The molecule has 2 aliphatic rings. The Balaban J connectivity index is 1.83. The Bertz CT molecular complexity index is 924. The summed E-state index contributed by atoms with van der Waals surface area (Å²) >= 11 is 0. The molecular formula is C24H29N3O2. The van der Waals surface area contributed by atoms with Crippen molar-refractivity contribution in [3.63, 3.8) is 0 Å². The van der Waals surface area contributed by atoms with Gasteiger partial charge >= 0.3 is 0 Å². The van der Waals surface area contributed by atoms with Crippen molar-refractivity contribution in [1.82, 2.24) is 10.6 Å². The van der Waals surface area contributed by atoms with Crippen LogP contribution in [0.15, 0.2) is 48.5 Å². The Morgan fingerprint density at radius 3 is 2.62 bits per heavy atom. The summed E-state index contributed by atoms with van der Waals surface area (Å²) in [5.74, 6) is -0.107. The highest BCUT2D eigenvalue weighted by atomic mass is 16.2. The normalized spacial score (nSPS) is 26.4. The number of amides is 1. The predicted octanol–water partition coefficient (Wildman–Crippen LogP) is 3.13. The molecule has 2 heterocycles. The number of rotatable bonds is 5. The van der Waals surface area contributed by atoms with Crippen LogP contribution in [0.2, 0.25) is 0 Å². The highest BCUT2D eigenvalue weighted by Crippen LogP contribution is 2.45. The Labute approximate surface area is 172 Å². The summed E-state index contributed by atoms with van der Waals surface area (Å²) in [6.45, 7) is 4.77. The lowest BCUT2D eigenvalue weighted by Crippen LogP contribution is -2.59. The number of anilines is 2. The minimum Gasteiger partial charge on any atom is -0.315 e. The van der Waals surface area contributed by atoms with Gasteiger partial charge in [-0.05, 0) is 63.5 Å². The number of carbonyl (C=O) groups excluding carboxylic acids is 2. The van der Waals surface area contributed by atoms with E-state index < -0.39 is 5.41 Å². The van der Waals surface area contributed by atoms with E-state index in [1.54, 1.807) is 4.90 Å². The molecule has 4 rings (SSSR count). The molecule has 0 aromatic heterocycles. The maximum atomic E-state index is 14.0. The fraction of sp³-hybridized carbons (Fsp3) is 0.417. The maximum Gasteiger partial charge on any atom is 0.245 e. The van der Waals surface area contributed by atoms with E-state index in [2.05, 4.69) is 10.6 Å². The molecule has 2 N–H and O–H groups in total. The number of hydrogen-bond donors (Lipinski definition) is 2. The zero-order valence-electron chi connectivity index (χ0n) is 17.4. The van der Waals surface area contributed by atoms with Crippen LogP contribution in [0, 0.1) is 12.3 Å². The van der Waals surface area contributed by atoms with Crippen LogP contribution in [0.1, 0.15) is 30.9 Å². The first-order valence-electron chi connectivity index (χ1n) is 10.5. The minimum atomic E-state index is -1.06. The average Bonchev–Trinajstić information content (AvgIpc) is 3.22. The predicted molar refractivity (Wildman–Crippen MR) is 115 cm³/mol. The van der Waals surface area contributed by atoms with Gasteiger partial charge in [-0.15, -0.1) is 0 Å². The summed E-state index contributed by atoms with van der Waals surface area (Å²) in [5.41, 5.74) is 2.81. The second kappa shape index (κ2) is 7.73. The number of fused-ring (bicyclic) bond motifs is 1. The van der Waals surface area contributed by atoms with Gasteiger partial charge in [0.05, 0.1) is 11.7 Å². The van der Waals surface area contributed by atoms with Crippen molar-refractivity contribution in [3.8, 4) is 0 Å². The molecule has 2 aliphatic heterocycles. The number of likely N-dealkylation sites (N-methyl/N-ethyl adjacent to an activating group) is 1. The number of Topliss-reactive ketones (excluding diaryl/α,β-unsaturated/α-hetero) is 1. The molecule has 5 heteroatoms. The van der Waals surface area contributed by atoms with E-state index in [9.17, 15) is 9.59 Å². The molecule has 1 saturated heterocycles. The van der Waals surface area contributed by atoms with Gasteiger partial charge in [0.1, 0.15) is 5.41 Å². The van der Waals surface area contributed by atoms with Crippen LogP contribution < -0.4 is 15.5 Å².